The van der Waals surface area contributed by atoms with Gasteiger partial charge >= 0.3 is 0 Å². The van der Waals surface area contributed by atoms with Crippen molar-refractivity contribution in [2.75, 3.05) is 13.1 Å². The molecule has 0 amide bonds. The van der Waals surface area contributed by atoms with Crippen LogP contribution in [0.2, 0.25) is 0 Å². The van der Waals surface area contributed by atoms with E-state index in [0.29, 0.717) is 0 Å². The number of fused-ring (bicyclic) bond motifs is 1. The average molecular weight is 285 g/mol. The zero-order chi connectivity index (χ0) is 14.9. The Kier molecular flexibility index (Phi) is 3.64. The topological polar surface area (TPSA) is 50.4 Å². The first kappa shape index (κ1) is 14.0. The number of hydrogen-bond acceptors (Lipinski definition) is 3. The zero-order valence-electron chi connectivity index (χ0n) is 12.2. The van der Waals surface area contributed by atoms with E-state index in [-0.39, 0.29) is 11.2 Å². The fraction of sp³-hybridized carbons (Fsp3) is 0.353. The van der Waals surface area contributed by atoms with Crippen LogP contribution >= 0.6 is 0 Å². The van der Waals surface area contributed by atoms with Gasteiger partial charge in [0.2, 0.25) is 0 Å². The van der Waals surface area contributed by atoms with Crippen LogP contribution in [0.4, 0.5) is 10.1 Å². The number of aliphatic imine (C=N–C) groups is 1. The lowest BCUT2D eigenvalue weighted by Gasteiger charge is -2.40. The molecule has 1 saturated heterocycles. The van der Waals surface area contributed by atoms with Crippen LogP contribution in [0.1, 0.15) is 19.8 Å². The van der Waals surface area contributed by atoms with Crippen LogP contribution in [0.25, 0.3) is 0 Å². The molecule has 21 heavy (non-hydrogen) atoms. The van der Waals surface area contributed by atoms with Crippen molar-refractivity contribution in [1.82, 2.24) is 5.32 Å². The Balaban J connectivity index is 2.00. The molecule has 1 fully saturated rings. The van der Waals surface area contributed by atoms with Gasteiger partial charge in [-0.15, -0.1) is 0 Å². The highest BCUT2D eigenvalue weighted by Crippen LogP contribution is 2.41. The monoisotopic (exact) mass is 285 g/mol. The van der Waals surface area contributed by atoms with Crippen molar-refractivity contribution in [3.63, 3.8) is 0 Å². The number of rotatable bonds is 1. The average Bonchev–Trinajstić information content (AvgIpc) is 2.49. The summed E-state index contributed by atoms with van der Waals surface area (Å²) in [5, 5.41) is 3.45. The van der Waals surface area contributed by atoms with Gasteiger partial charge in [-0.3, -0.25) is 0 Å². The largest absolute Gasteiger partial charge is 0.404 e. The summed E-state index contributed by atoms with van der Waals surface area (Å²) < 4.78 is 13.0. The van der Waals surface area contributed by atoms with Gasteiger partial charge in [0.15, 0.2) is 0 Å². The van der Waals surface area contributed by atoms with Crippen molar-refractivity contribution in [2.24, 2.45) is 16.1 Å². The number of nitrogens with two attached hydrogens (primary N) is 1. The van der Waals surface area contributed by atoms with E-state index >= 15 is 0 Å². The maximum Gasteiger partial charge on any atom is 0.123 e. The second-order valence-electron chi connectivity index (χ2n) is 6.00. The van der Waals surface area contributed by atoms with Crippen LogP contribution in [-0.4, -0.2) is 18.8 Å². The van der Waals surface area contributed by atoms with E-state index in [1.165, 1.54) is 17.7 Å². The molecule has 1 unspecified atom stereocenters. The molecule has 1 atom stereocenters. The van der Waals surface area contributed by atoms with Crippen LogP contribution in [0, 0.1) is 11.2 Å². The molecule has 0 radical (unpaired) electrons. The summed E-state index contributed by atoms with van der Waals surface area (Å²) >= 11 is 0. The summed E-state index contributed by atoms with van der Waals surface area (Å²) in [5.41, 5.74) is 10.1. The molecule has 1 heterocycles. The lowest BCUT2D eigenvalue weighted by molar-refractivity contribution is 0.321. The van der Waals surface area contributed by atoms with Crippen molar-refractivity contribution in [3.8, 4) is 0 Å². The van der Waals surface area contributed by atoms with Gasteiger partial charge < -0.3 is 11.1 Å². The molecule has 1 aromatic carbocycles. The first-order chi connectivity index (χ1) is 10.1. The first-order valence-electron chi connectivity index (χ1n) is 7.28. The van der Waals surface area contributed by atoms with Crippen molar-refractivity contribution in [3.05, 3.63) is 53.5 Å². The van der Waals surface area contributed by atoms with Gasteiger partial charge in [0.25, 0.3) is 0 Å². The Bertz CT molecular complexity index is 628. The molecule has 1 aliphatic carbocycles. The molecule has 0 saturated carbocycles. The highest BCUT2D eigenvalue weighted by molar-refractivity contribution is 6.11. The van der Waals surface area contributed by atoms with Gasteiger partial charge in [0.1, 0.15) is 5.82 Å². The minimum atomic E-state index is -0.249. The SMILES string of the molecule is CC12CNCCC1=CC(=Nc1ccc(F)cc1)C(=CN)C2. The van der Waals surface area contributed by atoms with Crippen molar-refractivity contribution in [1.29, 1.82) is 0 Å². The van der Waals surface area contributed by atoms with Gasteiger partial charge in [0, 0.05) is 12.0 Å². The standard InChI is InChI=1S/C17H20FN3/c1-17-9-12(10-19)16(8-13(17)6-7-20-11-17)21-15-4-2-14(18)3-5-15/h2-5,8,10,20H,6-7,9,11,19H2,1H3. The molecule has 110 valence electrons. The molecule has 1 aliphatic heterocycles. The third-order valence-corrected chi connectivity index (χ3v) is 4.36. The number of halogens is 1. The van der Waals surface area contributed by atoms with E-state index in [1.807, 2.05) is 0 Å². The van der Waals surface area contributed by atoms with Gasteiger partial charge in [-0.25, -0.2) is 9.38 Å². The maximum absolute atomic E-state index is 13.0. The maximum atomic E-state index is 13.0. The quantitative estimate of drug-likeness (QED) is 0.833. The Hall–Kier alpha value is -1.94. The van der Waals surface area contributed by atoms with E-state index < -0.39 is 0 Å². The normalized spacial score (nSPS) is 29.3. The van der Waals surface area contributed by atoms with Gasteiger partial charge in [-0.2, -0.15) is 0 Å². The van der Waals surface area contributed by atoms with Crippen molar-refractivity contribution >= 4 is 11.4 Å². The summed E-state index contributed by atoms with van der Waals surface area (Å²) in [5.74, 6) is -0.249. The molecular formula is C17H20FN3. The number of benzene rings is 1. The number of nitrogens with one attached hydrogen (secondary N) is 1. The minimum Gasteiger partial charge on any atom is -0.404 e. The van der Waals surface area contributed by atoms with Crippen LogP contribution < -0.4 is 11.1 Å². The summed E-state index contributed by atoms with van der Waals surface area (Å²) in [4.78, 5) is 4.64. The lowest BCUT2D eigenvalue weighted by atomic mass is 9.69. The van der Waals surface area contributed by atoms with Gasteiger partial charge in [0.05, 0.1) is 11.4 Å². The van der Waals surface area contributed by atoms with E-state index in [1.54, 1.807) is 18.3 Å². The van der Waals surface area contributed by atoms with Crippen LogP contribution in [-0.2, 0) is 0 Å². The fourth-order valence-electron chi connectivity index (χ4n) is 3.10. The molecule has 3 rings (SSSR count). The number of hydrogen-bond donors (Lipinski definition) is 2. The minimum absolute atomic E-state index is 0.130. The zero-order valence-corrected chi connectivity index (χ0v) is 12.2. The molecule has 0 spiro atoms. The predicted molar refractivity (Wildman–Crippen MR) is 84.1 cm³/mol. The van der Waals surface area contributed by atoms with Crippen LogP contribution in [0.15, 0.2) is 52.7 Å². The van der Waals surface area contributed by atoms with Crippen LogP contribution in [0.5, 0.6) is 0 Å². The number of nitrogens with zero attached hydrogens (tertiary/aromatic N) is 1. The Morgan fingerprint density at radius 1 is 1.33 bits per heavy atom. The Morgan fingerprint density at radius 2 is 2.10 bits per heavy atom. The Morgan fingerprint density at radius 3 is 2.81 bits per heavy atom. The lowest BCUT2D eigenvalue weighted by Crippen LogP contribution is -2.42. The van der Waals surface area contributed by atoms with Gasteiger partial charge in [-0.05, 0) is 61.5 Å². The summed E-state index contributed by atoms with van der Waals surface area (Å²) in [6, 6.07) is 6.22. The van der Waals surface area contributed by atoms with E-state index in [2.05, 4.69) is 23.3 Å². The fourth-order valence-corrected chi connectivity index (χ4v) is 3.10. The highest BCUT2D eigenvalue weighted by Gasteiger charge is 2.36. The number of allylic oxidation sites excluding steroid dienone is 2. The third-order valence-electron chi connectivity index (χ3n) is 4.36. The highest BCUT2D eigenvalue weighted by atomic mass is 19.1. The van der Waals surface area contributed by atoms with E-state index in [9.17, 15) is 4.39 Å². The smallest absolute Gasteiger partial charge is 0.123 e. The molecule has 3 nitrogen and oxygen atoms in total. The molecule has 4 heteroatoms. The second-order valence-corrected chi connectivity index (χ2v) is 6.00. The van der Waals surface area contributed by atoms with E-state index in [0.717, 1.165) is 42.9 Å². The molecule has 3 N–H and O–H groups in total. The van der Waals surface area contributed by atoms with Crippen LogP contribution in [0.3, 0.4) is 0 Å². The summed E-state index contributed by atoms with van der Waals surface area (Å²) in [6.07, 6.45) is 5.74. The molecule has 1 aromatic rings. The third kappa shape index (κ3) is 2.76. The van der Waals surface area contributed by atoms with Crippen molar-refractivity contribution < 1.29 is 4.39 Å². The molecule has 0 bridgehead atoms. The summed E-state index contributed by atoms with van der Waals surface area (Å²) in [7, 11) is 0. The number of piperidine rings is 1. The van der Waals surface area contributed by atoms with E-state index in [4.69, 9.17) is 5.73 Å². The Labute approximate surface area is 124 Å². The molecule has 2 aliphatic rings. The van der Waals surface area contributed by atoms with Gasteiger partial charge in [-0.1, -0.05) is 12.5 Å². The second kappa shape index (κ2) is 5.45. The summed E-state index contributed by atoms with van der Waals surface area (Å²) in [6.45, 7) is 4.25. The molecular weight excluding hydrogens is 265 g/mol. The first-order valence-corrected chi connectivity index (χ1v) is 7.28. The van der Waals surface area contributed by atoms with Crippen molar-refractivity contribution in [2.45, 2.75) is 19.8 Å². The molecule has 0 aromatic heterocycles. The predicted octanol–water partition coefficient (Wildman–Crippen LogP) is 3.07.